The van der Waals surface area contributed by atoms with Crippen LogP contribution in [-0.2, 0) is 16.1 Å². The molecule has 2 fully saturated rings. The summed E-state index contributed by atoms with van der Waals surface area (Å²) in [6.07, 6.45) is 4.64. The molecule has 2 aromatic rings. The number of anilines is 1. The molecule has 3 N–H and O–H groups in total. The molecule has 2 atom stereocenters. The average molecular weight is 449 g/mol. The Balaban J connectivity index is 1.30. The molecule has 1 aromatic heterocycles. The molecule has 0 saturated carbocycles. The van der Waals surface area contributed by atoms with Gasteiger partial charge < -0.3 is 15.4 Å². The van der Waals surface area contributed by atoms with E-state index in [1.165, 1.54) is 0 Å². The van der Waals surface area contributed by atoms with Gasteiger partial charge in [-0.3, -0.25) is 34.4 Å². The molecule has 1 aromatic carbocycles. The molecule has 4 amide bonds. The number of rotatable bonds is 6. The second kappa shape index (κ2) is 8.62. The topological polar surface area (TPSA) is 130 Å². The van der Waals surface area contributed by atoms with E-state index in [1.54, 1.807) is 30.6 Å². The quantitative estimate of drug-likeness (QED) is 0.553. The van der Waals surface area contributed by atoms with Gasteiger partial charge in [-0.1, -0.05) is 0 Å². The summed E-state index contributed by atoms with van der Waals surface area (Å²) in [5, 5.41) is 8.74. The number of hydrogen-bond donors (Lipinski definition) is 3. The number of amides is 4. The van der Waals surface area contributed by atoms with Crippen LogP contribution in [0.3, 0.4) is 0 Å². The van der Waals surface area contributed by atoms with Gasteiger partial charge in [-0.2, -0.15) is 0 Å². The summed E-state index contributed by atoms with van der Waals surface area (Å²) in [5.74, 6) is -1.37. The number of imide groups is 2. The maximum Gasteiger partial charge on any atom is 0.262 e. The highest BCUT2D eigenvalue weighted by Gasteiger charge is 2.44. The molecule has 3 aliphatic rings. The summed E-state index contributed by atoms with van der Waals surface area (Å²) in [5.41, 5.74) is 2.06. The largest absolute Gasteiger partial charge is 0.487 e. The molecule has 1 unspecified atom stereocenters. The fraction of sp³-hybridized carbons (Fsp3) is 0.348. The Labute approximate surface area is 189 Å². The first kappa shape index (κ1) is 21.1. The van der Waals surface area contributed by atoms with Crippen molar-refractivity contribution in [3.63, 3.8) is 0 Å². The third-order valence-electron chi connectivity index (χ3n) is 6.10. The Kier molecular flexibility index (Phi) is 5.51. The summed E-state index contributed by atoms with van der Waals surface area (Å²) >= 11 is 0. The predicted molar refractivity (Wildman–Crippen MR) is 117 cm³/mol. The Hall–Kier alpha value is -3.79. The van der Waals surface area contributed by atoms with Crippen LogP contribution in [0.15, 0.2) is 36.7 Å². The summed E-state index contributed by atoms with van der Waals surface area (Å²) in [6, 6.07) is 5.81. The van der Waals surface area contributed by atoms with E-state index < -0.39 is 29.7 Å². The van der Waals surface area contributed by atoms with Crippen molar-refractivity contribution in [2.75, 3.05) is 18.4 Å². The van der Waals surface area contributed by atoms with E-state index in [0.29, 0.717) is 18.0 Å². The summed E-state index contributed by atoms with van der Waals surface area (Å²) in [6.45, 7) is 2.17. The lowest BCUT2D eigenvalue weighted by molar-refractivity contribution is -0.136. The third kappa shape index (κ3) is 4.05. The van der Waals surface area contributed by atoms with Gasteiger partial charge in [-0.05, 0) is 43.7 Å². The van der Waals surface area contributed by atoms with Crippen LogP contribution in [-0.4, -0.2) is 58.7 Å². The third-order valence-corrected chi connectivity index (χ3v) is 6.10. The van der Waals surface area contributed by atoms with Crippen molar-refractivity contribution < 1.29 is 23.9 Å². The van der Waals surface area contributed by atoms with Crippen molar-refractivity contribution in [2.45, 2.75) is 38.0 Å². The minimum atomic E-state index is -0.979. The number of carbonyl (C=O) groups is 4. The SMILES string of the molecule is O=C1CCC(N2C(=O)c3ccc(NCc4ccncc4O[C@H]4CCNC4)cc3C2=O)C(=O)N1. The van der Waals surface area contributed by atoms with E-state index in [4.69, 9.17) is 4.74 Å². The standard InChI is InChI=1S/C23H23N5O5/c29-20-4-3-18(21(30)27-20)28-22(31)16-2-1-14(9-17(16)23(28)32)26-10-13-5-7-25-12-19(13)33-15-6-8-24-11-15/h1-2,5,7,9,12,15,18,24,26H,3-4,6,8,10-11H2,(H,27,29,30)/t15-,18?/m0/s1. The summed E-state index contributed by atoms with van der Waals surface area (Å²) in [7, 11) is 0. The van der Waals surface area contributed by atoms with E-state index in [1.807, 2.05) is 6.07 Å². The fourth-order valence-electron chi connectivity index (χ4n) is 4.35. The molecule has 0 radical (unpaired) electrons. The van der Waals surface area contributed by atoms with E-state index in [9.17, 15) is 19.2 Å². The molecule has 10 heteroatoms. The Morgan fingerprint density at radius 1 is 1.09 bits per heavy atom. The van der Waals surface area contributed by atoms with E-state index >= 15 is 0 Å². The number of pyridine rings is 1. The van der Waals surface area contributed by atoms with Crippen molar-refractivity contribution in [1.29, 1.82) is 0 Å². The smallest absolute Gasteiger partial charge is 0.262 e. The molecule has 2 saturated heterocycles. The van der Waals surface area contributed by atoms with Gasteiger partial charge in [0.1, 0.15) is 17.9 Å². The Morgan fingerprint density at radius 3 is 2.73 bits per heavy atom. The maximum absolute atomic E-state index is 13.0. The van der Waals surface area contributed by atoms with Gasteiger partial charge in [0.2, 0.25) is 11.8 Å². The van der Waals surface area contributed by atoms with Crippen LogP contribution in [0.2, 0.25) is 0 Å². The number of fused-ring (bicyclic) bond motifs is 1. The first-order valence-corrected chi connectivity index (χ1v) is 10.9. The number of hydrogen-bond acceptors (Lipinski definition) is 8. The zero-order valence-electron chi connectivity index (χ0n) is 17.8. The van der Waals surface area contributed by atoms with Gasteiger partial charge in [0.15, 0.2) is 0 Å². The normalized spacial score (nSPS) is 22.4. The molecular weight excluding hydrogens is 426 g/mol. The monoisotopic (exact) mass is 449 g/mol. The van der Waals surface area contributed by atoms with E-state index in [2.05, 4.69) is 20.9 Å². The molecule has 5 rings (SSSR count). The highest BCUT2D eigenvalue weighted by atomic mass is 16.5. The molecular formula is C23H23N5O5. The highest BCUT2D eigenvalue weighted by molar-refractivity contribution is 6.23. The van der Waals surface area contributed by atoms with Crippen LogP contribution >= 0.6 is 0 Å². The van der Waals surface area contributed by atoms with Crippen LogP contribution in [0.1, 0.15) is 45.5 Å². The van der Waals surface area contributed by atoms with Crippen LogP contribution in [0.4, 0.5) is 5.69 Å². The van der Waals surface area contributed by atoms with E-state index in [0.717, 1.165) is 30.0 Å². The minimum Gasteiger partial charge on any atom is -0.487 e. The number of carbonyl (C=O) groups excluding carboxylic acids is 4. The fourth-order valence-corrected chi connectivity index (χ4v) is 4.35. The lowest BCUT2D eigenvalue weighted by Gasteiger charge is -2.27. The van der Waals surface area contributed by atoms with Gasteiger partial charge >= 0.3 is 0 Å². The molecule has 33 heavy (non-hydrogen) atoms. The van der Waals surface area contributed by atoms with E-state index in [-0.39, 0.29) is 30.1 Å². The van der Waals surface area contributed by atoms with Gasteiger partial charge in [-0.25, -0.2) is 0 Å². The number of ether oxygens (including phenoxy) is 1. The average Bonchev–Trinajstić information content (AvgIpc) is 3.40. The molecule has 4 heterocycles. The van der Waals surface area contributed by atoms with Crippen LogP contribution in [0.25, 0.3) is 0 Å². The number of piperidine rings is 1. The number of aromatic nitrogens is 1. The number of benzene rings is 1. The second-order valence-corrected chi connectivity index (χ2v) is 8.28. The van der Waals surface area contributed by atoms with Crippen molar-refractivity contribution in [2.24, 2.45) is 0 Å². The van der Waals surface area contributed by atoms with Gasteiger partial charge in [0.25, 0.3) is 11.8 Å². The minimum absolute atomic E-state index is 0.0872. The zero-order valence-corrected chi connectivity index (χ0v) is 17.8. The molecule has 10 nitrogen and oxygen atoms in total. The van der Waals surface area contributed by atoms with Crippen LogP contribution in [0, 0.1) is 0 Å². The first-order valence-electron chi connectivity index (χ1n) is 10.9. The lowest BCUT2D eigenvalue weighted by atomic mass is 10.0. The maximum atomic E-state index is 13.0. The highest BCUT2D eigenvalue weighted by Crippen LogP contribution is 2.30. The summed E-state index contributed by atoms with van der Waals surface area (Å²) in [4.78, 5) is 54.6. The van der Waals surface area contributed by atoms with Crippen molar-refractivity contribution in [3.8, 4) is 5.75 Å². The molecule has 0 spiro atoms. The van der Waals surface area contributed by atoms with Crippen LogP contribution in [0.5, 0.6) is 5.75 Å². The van der Waals surface area contributed by atoms with Crippen molar-refractivity contribution in [3.05, 3.63) is 53.3 Å². The Bertz CT molecular complexity index is 1140. The lowest BCUT2D eigenvalue weighted by Crippen LogP contribution is -2.54. The van der Waals surface area contributed by atoms with Gasteiger partial charge in [-0.15, -0.1) is 0 Å². The Morgan fingerprint density at radius 2 is 1.94 bits per heavy atom. The number of nitrogens with one attached hydrogen (secondary N) is 3. The molecule has 0 aliphatic carbocycles. The molecule has 3 aliphatic heterocycles. The van der Waals surface area contributed by atoms with Crippen molar-refractivity contribution >= 4 is 29.3 Å². The van der Waals surface area contributed by atoms with Gasteiger partial charge in [0, 0.05) is 37.0 Å². The number of nitrogens with zero attached hydrogens (tertiary/aromatic N) is 2. The van der Waals surface area contributed by atoms with Crippen LogP contribution < -0.4 is 20.7 Å². The molecule has 0 bridgehead atoms. The van der Waals surface area contributed by atoms with Gasteiger partial charge in [0.05, 0.1) is 17.3 Å². The van der Waals surface area contributed by atoms with Crippen molar-refractivity contribution in [1.82, 2.24) is 20.5 Å². The summed E-state index contributed by atoms with van der Waals surface area (Å²) < 4.78 is 6.07. The second-order valence-electron chi connectivity index (χ2n) is 8.28. The first-order chi connectivity index (χ1) is 16.0. The molecule has 170 valence electrons. The predicted octanol–water partition coefficient (Wildman–Crippen LogP) is 0.836. The zero-order chi connectivity index (χ0) is 22.9.